The maximum atomic E-state index is 12.3. The highest BCUT2D eigenvalue weighted by atomic mass is 16.5. The van der Waals surface area contributed by atoms with Crippen molar-refractivity contribution in [1.29, 1.82) is 0 Å². The van der Waals surface area contributed by atoms with E-state index in [1.807, 2.05) is 6.92 Å². The molecule has 3 fully saturated rings. The quantitative estimate of drug-likeness (QED) is 0.841. The van der Waals surface area contributed by atoms with Crippen LogP contribution in [0.1, 0.15) is 24.8 Å². The molecule has 2 aromatic rings. The Labute approximate surface area is 156 Å². The molecule has 1 aromatic carbocycles. The van der Waals surface area contributed by atoms with Gasteiger partial charge in [-0.25, -0.2) is 14.8 Å². The number of hydrogen-bond acceptors (Lipinski definition) is 6. The molecule has 27 heavy (non-hydrogen) atoms. The monoisotopic (exact) mass is 368 g/mol. The summed E-state index contributed by atoms with van der Waals surface area (Å²) in [5, 5.41) is 5.11. The number of carbonyl (C=O) groups is 2. The van der Waals surface area contributed by atoms with Crippen molar-refractivity contribution >= 4 is 17.6 Å². The third kappa shape index (κ3) is 3.12. The molecule has 3 aliphatic rings. The van der Waals surface area contributed by atoms with Crippen LogP contribution in [0.5, 0.6) is 11.8 Å². The number of ether oxygens (including phenoxy) is 2. The minimum atomic E-state index is -0.546. The summed E-state index contributed by atoms with van der Waals surface area (Å²) in [6.07, 6.45) is 5.23. The van der Waals surface area contributed by atoms with Gasteiger partial charge in [0.1, 0.15) is 5.75 Å². The van der Waals surface area contributed by atoms with E-state index in [-0.39, 0.29) is 17.5 Å². The Morgan fingerprint density at radius 1 is 1.15 bits per heavy atom. The van der Waals surface area contributed by atoms with Crippen molar-refractivity contribution in [3.8, 4) is 11.8 Å². The lowest BCUT2D eigenvalue weighted by atomic mass is 9.41. The molecule has 0 saturated heterocycles. The number of methoxy groups -OCH3 is 1. The van der Waals surface area contributed by atoms with Crippen molar-refractivity contribution in [2.75, 3.05) is 12.4 Å². The average molecular weight is 368 g/mol. The van der Waals surface area contributed by atoms with E-state index in [4.69, 9.17) is 9.47 Å². The number of aromatic nitrogens is 2. The molecule has 1 aromatic heterocycles. The SMILES string of the molecule is COC12CC(C(=O)NC(=O)Nc3ccc(Oc4ncccn4)c(C)c3)(C1)C2. The van der Waals surface area contributed by atoms with Crippen LogP contribution in [-0.2, 0) is 9.53 Å². The molecule has 8 heteroatoms. The highest BCUT2D eigenvalue weighted by Gasteiger charge is 2.72. The summed E-state index contributed by atoms with van der Waals surface area (Å²) in [6.45, 7) is 1.85. The average Bonchev–Trinajstić information content (AvgIpc) is 2.56. The molecule has 1 heterocycles. The smallest absolute Gasteiger partial charge is 0.325 e. The molecule has 0 aliphatic heterocycles. The molecule has 5 rings (SSSR count). The van der Waals surface area contributed by atoms with Gasteiger partial charge in [0.25, 0.3) is 0 Å². The summed E-state index contributed by atoms with van der Waals surface area (Å²) < 4.78 is 11.0. The zero-order valence-corrected chi connectivity index (χ0v) is 15.1. The number of hydrogen-bond donors (Lipinski definition) is 2. The van der Waals surface area contributed by atoms with Crippen LogP contribution in [0.2, 0.25) is 0 Å². The van der Waals surface area contributed by atoms with Gasteiger partial charge in [0.05, 0.1) is 11.0 Å². The lowest BCUT2D eigenvalue weighted by Crippen LogP contribution is -2.73. The highest BCUT2D eigenvalue weighted by molar-refractivity contribution is 6.04. The maximum Gasteiger partial charge on any atom is 0.325 e. The molecular formula is C19H20N4O4. The Morgan fingerprint density at radius 3 is 2.48 bits per heavy atom. The number of amides is 3. The van der Waals surface area contributed by atoms with Gasteiger partial charge < -0.3 is 14.8 Å². The molecule has 2 bridgehead atoms. The molecule has 3 saturated carbocycles. The van der Waals surface area contributed by atoms with Crippen molar-refractivity contribution in [1.82, 2.24) is 15.3 Å². The van der Waals surface area contributed by atoms with E-state index in [1.165, 1.54) is 0 Å². The topological polar surface area (TPSA) is 102 Å². The summed E-state index contributed by atoms with van der Waals surface area (Å²) >= 11 is 0. The van der Waals surface area contributed by atoms with Crippen molar-refractivity contribution in [2.45, 2.75) is 31.8 Å². The van der Waals surface area contributed by atoms with Gasteiger partial charge >= 0.3 is 12.0 Å². The van der Waals surface area contributed by atoms with Crippen LogP contribution in [0.15, 0.2) is 36.7 Å². The number of urea groups is 1. The Balaban J connectivity index is 1.33. The number of aryl methyl sites for hydroxylation is 1. The van der Waals surface area contributed by atoms with E-state index in [0.29, 0.717) is 30.7 Å². The summed E-state index contributed by atoms with van der Waals surface area (Å²) in [4.78, 5) is 32.5. The molecule has 3 aliphatic carbocycles. The predicted molar refractivity (Wildman–Crippen MR) is 96.5 cm³/mol. The largest absolute Gasteiger partial charge is 0.424 e. The Kier molecular flexibility index (Phi) is 4.07. The molecule has 0 atom stereocenters. The van der Waals surface area contributed by atoms with Gasteiger partial charge in [-0.3, -0.25) is 10.1 Å². The first-order chi connectivity index (χ1) is 12.9. The number of benzene rings is 1. The zero-order valence-electron chi connectivity index (χ0n) is 15.1. The second-order valence-corrected chi connectivity index (χ2v) is 7.22. The first kappa shape index (κ1) is 17.4. The van der Waals surface area contributed by atoms with Crippen molar-refractivity contribution in [3.63, 3.8) is 0 Å². The molecule has 0 spiro atoms. The molecule has 0 radical (unpaired) electrons. The summed E-state index contributed by atoms with van der Waals surface area (Å²) in [6, 6.07) is 6.56. The summed E-state index contributed by atoms with van der Waals surface area (Å²) in [5.41, 5.74) is 0.790. The minimum absolute atomic E-state index is 0.136. The Bertz CT molecular complexity index is 880. The van der Waals surface area contributed by atoms with Gasteiger partial charge in [-0.1, -0.05) is 0 Å². The molecule has 8 nitrogen and oxygen atoms in total. The highest BCUT2D eigenvalue weighted by Crippen LogP contribution is 2.68. The second-order valence-electron chi connectivity index (χ2n) is 7.22. The van der Waals surface area contributed by atoms with Crippen LogP contribution in [0.4, 0.5) is 10.5 Å². The first-order valence-electron chi connectivity index (χ1n) is 8.67. The van der Waals surface area contributed by atoms with Crippen LogP contribution in [-0.4, -0.2) is 34.6 Å². The Hall–Kier alpha value is -3.00. The van der Waals surface area contributed by atoms with Gasteiger partial charge in [-0.2, -0.15) is 0 Å². The van der Waals surface area contributed by atoms with E-state index in [9.17, 15) is 9.59 Å². The van der Waals surface area contributed by atoms with Crippen molar-refractivity contribution in [3.05, 3.63) is 42.2 Å². The fourth-order valence-corrected chi connectivity index (χ4v) is 3.83. The lowest BCUT2D eigenvalue weighted by molar-refractivity contribution is -0.262. The van der Waals surface area contributed by atoms with E-state index < -0.39 is 11.4 Å². The normalized spacial score (nSPS) is 25.0. The number of nitrogens with zero attached hydrogens (tertiary/aromatic N) is 2. The number of carbonyl (C=O) groups excluding carboxylic acids is 2. The van der Waals surface area contributed by atoms with E-state index >= 15 is 0 Å². The maximum absolute atomic E-state index is 12.3. The van der Waals surface area contributed by atoms with E-state index in [0.717, 1.165) is 5.56 Å². The molecule has 3 amide bonds. The van der Waals surface area contributed by atoms with Crippen LogP contribution < -0.4 is 15.4 Å². The van der Waals surface area contributed by atoms with E-state index in [1.54, 1.807) is 43.8 Å². The molecule has 0 unspecified atom stereocenters. The van der Waals surface area contributed by atoms with Crippen molar-refractivity contribution in [2.24, 2.45) is 5.41 Å². The Morgan fingerprint density at radius 2 is 1.85 bits per heavy atom. The van der Waals surface area contributed by atoms with Crippen molar-refractivity contribution < 1.29 is 19.1 Å². The van der Waals surface area contributed by atoms with Gasteiger partial charge in [0, 0.05) is 25.2 Å². The van der Waals surface area contributed by atoms with Gasteiger partial charge in [0.2, 0.25) is 5.91 Å². The second kappa shape index (κ2) is 6.31. The minimum Gasteiger partial charge on any atom is -0.424 e. The fraction of sp³-hybridized carbons (Fsp3) is 0.368. The summed E-state index contributed by atoms with van der Waals surface area (Å²) in [7, 11) is 1.66. The third-order valence-electron chi connectivity index (χ3n) is 5.30. The van der Waals surface area contributed by atoms with Crippen LogP contribution in [0.3, 0.4) is 0 Å². The number of rotatable bonds is 5. The number of anilines is 1. The third-order valence-corrected chi connectivity index (χ3v) is 5.30. The zero-order chi connectivity index (χ0) is 19.1. The lowest BCUT2D eigenvalue weighted by Gasteiger charge is -2.67. The molecule has 2 N–H and O–H groups in total. The first-order valence-corrected chi connectivity index (χ1v) is 8.67. The van der Waals surface area contributed by atoms with Crippen LogP contribution >= 0.6 is 0 Å². The summed E-state index contributed by atoms with van der Waals surface area (Å²) in [5.74, 6) is 0.346. The molecular weight excluding hydrogens is 348 g/mol. The van der Waals surface area contributed by atoms with Gasteiger partial charge in [-0.05, 0) is 56.0 Å². The fourth-order valence-electron chi connectivity index (χ4n) is 3.83. The number of nitrogens with one attached hydrogen (secondary N) is 2. The molecule has 140 valence electrons. The predicted octanol–water partition coefficient (Wildman–Crippen LogP) is 2.79. The van der Waals surface area contributed by atoms with E-state index in [2.05, 4.69) is 20.6 Å². The number of imide groups is 1. The van der Waals surface area contributed by atoms with Crippen LogP contribution in [0.25, 0.3) is 0 Å². The standard InChI is InChI=1S/C19H20N4O4/c1-12-8-13(4-5-14(12)27-17-20-6-3-7-21-17)22-16(25)23-15(24)18-9-19(10-18,11-18)26-2/h3-8H,9-11H2,1-2H3,(H2,22,23,24,25). The van der Waals surface area contributed by atoms with Gasteiger partial charge in [0.15, 0.2) is 0 Å². The van der Waals surface area contributed by atoms with Gasteiger partial charge in [-0.15, -0.1) is 0 Å². The van der Waals surface area contributed by atoms with Crippen LogP contribution in [0, 0.1) is 12.3 Å².